The number of fused-ring (bicyclic) bond motifs is 4. The fraction of sp³-hybridized carbons (Fsp3) is 0.200. The summed E-state index contributed by atoms with van der Waals surface area (Å²) in [5.41, 5.74) is 10.9. The van der Waals surface area contributed by atoms with Crippen molar-refractivity contribution in [2.24, 2.45) is 0 Å². The molecule has 1 spiro atoms. The summed E-state index contributed by atoms with van der Waals surface area (Å²) in [4.78, 5) is 0. The van der Waals surface area contributed by atoms with Crippen molar-refractivity contribution >= 4 is 11.1 Å². The maximum atomic E-state index is 2.31. The van der Waals surface area contributed by atoms with E-state index in [2.05, 4.69) is 101 Å². The van der Waals surface area contributed by atoms with Crippen LogP contribution >= 0.6 is 0 Å². The molecule has 0 nitrogen and oxygen atoms in total. The maximum absolute atomic E-state index is 2.31. The predicted octanol–water partition coefficient (Wildman–Crippen LogP) is 6.70. The van der Waals surface area contributed by atoms with Gasteiger partial charge in [0.1, 0.15) is 0 Å². The molecular formula is C25H24. The third-order valence-corrected chi connectivity index (χ3v) is 5.79. The molecule has 0 bridgehead atoms. The Kier molecular flexibility index (Phi) is 3.65. The van der Waals surface area contributed by atoms with Crippen molar-refractivity contribution in [2.75, 3.05) is 0 Å². The molecule has 1 atom stereocenters. The van der Waals surface area contributed by atoms with Gasteiger partial charge in [0, 0.05) is 0 Å². The van der Waals surface area contributed by atoms with Crippen LogP contribution < -0.4 is 0 Å². The minimum Gasteiger partial charge on any atom is -0.0822 e. The predicted molar refractivity (Wildman–Crippen MR) is 108 cm³/mol. The van der Waals surface area contributed by atoms with Crippen LogP contribution in [0.4, 0.5) is 0 Å². The first-order chi connectivity index (χ1) is 12.2. The van der Waals surface area contributed by atoms with Crippen molar-refractivity contribution in [1.29, 1.82) is 0 Å². The standard InChI is InChI=1S/C25H24/c1-5-17-19-13-9-11-15-23(19)25(21(17)7-3)22(8-4)18(6-2)20-14-10-12-16-24(20)25/h5-16H,1-4H3/b17-5-,18-6?,21-7+,22-8+. The minimum absolute atomic E-state index is 0.180. The molecule has 1 unspecified atom stereocenters. The van der Waals surface area contributed by atoms with Crippen molar-refractivity contribution in [1.82, 2.24) is 0 Å². The largest absolute Gasteiger partial charge is 0.0822 e. The molecule has 0 aliphatic heterocycles. The summed E-state index contributed by atoms with van der Waals surface area (Å²) in [5, 5.41) is 0. The number of hydrogen-bond donors (Lipinski definition) is 0. The van der Waals surface area contributed by atoms with Crippen LogP contribution in [0.2, 0.25) is 0 Å². The summed E-state index contributed by atoms with van der Waals surface area (Å²) in [6.07, 6.45) is 9.17. The molecule has 2 aliphatic rings. The molecule has 0 fully saturated rings. The van der Waals surface area contributed by atoms with Gasteiger partial charge < -0.3 is 0 Å². The van der Waals surface area contributed by atoms with Crippen molar-refractivity contribution in [2.45, 2.75) is 33.1 Å². The van der Waals surface area contributed by atoms with Crippen molar-refractivity contribution in [3.05, 3.63) is 106 Å². The van der Waals surface area contributed by atoms with Crippen LogP contribution in [0.1, 0.15) is 49.9 Å². The lowest BCUT2D eigenvalue weighted by atomic mass is 9.70. The van der Waals surface area contributed by atoms with Gasteiger partial charge in [-0.05, 0) is 72.2 Å². The van der Waals surface area contributed by atoms with Crippen LogP contribution in [0.5, 0.6) is 0 Å². The normalized spacial score (nSPS) is 27.7. The van der Waals surface area contributed by atoms with Crippen molar-refractivity contribution < 1.29 is 0 Å². The summed E-state index contributed by atoms with van der Waals surface area (Å²) >= 11 is 0. The van der Waals surface area contributed by atoms with E-state index in [9.17, 15) is 0 Å². The summed E-state index contributed by atoms with van der Waals surface area (Å²) in [7, 11) is 0. The van der Waals surface area contributed by atoms with Gasteiger partial charge in [-0.2, -0.15) is 0 Å². The zero-order chi connectivity index (χ0) is 17.6. The molecule has 0 amide bonds. The van der Waals surface area contributed by atoms with E-state index in [1.165, 1.54) is 44.5 Å². The molecule has 0 N–H and O–H groups in total. The Hall–Kier alpha value is -2.60. The number of rotatable bonds is 0. The Morgan fingerprint density at radius 3 is 1.32 bits per heavy atom. The van der Waals surface area contributed by atoms with Gasteiger partial charge >= 0.3 is 0 Å². The summed E-state index contributed by atoms with van der Waals surface area (Å²) < 4.78 is 0. The maximum Gasteiger partial charge on any atom is 0.0718 e. The highest BCUT2D eigenvalue weighted by molar-refractivity contribution is 6.03. The first-order valence-electron chi connectivity index (χ1n) is 9.12. The van der Waals surface area contributed by atoms with Crippen LogP contribution in [-0.2, 0) is 5.41 Å². The van der Waals surface area contributed by atoms with Crippen LogP contribution in [0.25, 0.3) is 11.1 Å². The average Bonchev–Trinajstić information content (AvgIpc) is 3.12. The van der Waals surface area contributed by atoms with E-state index < -0.39 is 0 Å². The second-order valence-corrected chi connectivity index (χ2v) is 6.65. The zero-order valence-corrected chi connectivity index (χ0v) is 15.4. The monoisotopic (exact) mass is 324 g/mol. The van der Waals surface area contributed by atoms with Gasteiger partial charge in [0.15, 0.2) is 0 Å². The molecule has 0 aromatic heterocycles. The van der Waals surface area contributed by atoms with E-state index in [0.29, 0.717) is 0 Å². The lowest BCUT2D eigenvalue weighted by Gasteiger charge is -2.31. The first-order valence-corrected chi connectivity index (χ1v) is 9.12. The average molecular weight is 324 g/mol. The summed E-state index contributed by atoms with van der Waals surface area (Å²) in [6.45, 7) is 8.66. The fourth-order valence-corrected chi connectivity index (χ4v) is 5.02. The highest BCUT2D eigenvalue weighted by Crippen LogP contribution is 2.64. The summed E-state index contributed by atoms with van der Waals surface area (Å²) in [6, 6.07) is 17.8. The lowest BCUT2D eigenvalue weighted by molar-refractivity contribution is 0.791. The smallest absolute Gasteiger partial charge is 0.0718 e. The molecule has 2 aromatic rings. The molecule has 0 heteroatoms. The van der Waals surface area contributed by atoms with Crippen LogP contribution in [0, 0.1) is 0 Å². The first kappa shape index (κ1) is 15.9. The Morgan fingerprint density at radius 1 is 0.560 bits per heavy atom. The molecule has 2 aliphatic carbocycles. The topological polar surface area (TPSA) is 0 Å². The van der Waals surface area contributed by atoms with E-state index >= 15 is 0 Å². The molecule has 4 rings (SSSR count). The molecule has 25 heavy (non-hydrogen) atoms. The number of benzene rings is 2. The molecule has 2 aromatic carbocycles. The minimum atomic E-state index is -0.180. The van der Waals surface area contributed by atoms with E-state index in [1.54, 1.807) is 0 Å². The van der Waals surface area contributed by atoms with E-state index in [0.717, 1.165) is 0 Å². The van der Waals surface area contributed by atoms with Gasteiger partial charge in [-0.1, -0.05) is 72.8 Å². The second-order valence-electron chi connectivity index (χ2n) is 6.65. The van der Waals surface area contributed by atoms with Gasteiger partial charge in [0.2, 0.25) is 0 Å². The molecule has 0 saturated heterocycles. The summed E-state index contributed by atoms with van der Waals surface area (Å²) in [5.74, 6) is 0. The SMILES string of the molecule is CC=C1/C(=C\C)C2(C(=C/C)/C(=C\C)c3ccccc32)c2ccccc21. The third-order valence-electron chi connectivity index (χ3n) is 5.79. The lowest BCUT2D eigenvalue weighted by Crippen LogP contribution is -2.26. The van der Waals surface area contributed by atoms with Gasteiger partial charge in [-0.3, -0.25) is 0 Å². The Bertz CT molecular complexity index is 895. The Balaban J connectivity index is 2.24. The zero-order valence-electron chi connectivity index (χ0n) is 15.4. The van der Waals surface area contributed by atoms with Crippen LogP contribution in [-0.4, -0.2) is 0 Å². The molecular weight excluding hydrogens is 300 g/mol. The molecule has 0 heterocycles. The molecule has 0 radical (unpaired) electrons. The van der Waals surface area contributed by atoms with Crippen molar-refractivity contribution in [3.63, 3.8) is 0 Å². The van der Waals surface area contributed by atoms with E-state index in [1.807, 2.05) is 0 Å². The Labute approximate surface area is 150 Å². The van der Waals surface area contributed by atoms with Gasteiger partial charge in [-0.25, -0.2) is 0 Å². The van der Waals surface area contributed by atoms with Gasteiger partial charge in [0.25, 0.3) is 0 Å². The third kappa shape index (κ3) is 1.77. The van der Waals surface area contributed by atoms with Gasteiger partial charge in [0.05, 0.1) is 5.41 Å². The number of allylic oxidation sites excluding steroid dienone is 8. The van der Waals surface area contributed by atoms with E-state index in [4.69, 9.17) is 0 Å². The highest BCUT2D eigenvalue weighted by Gasteiger charge is 2.53. The Morgan fingerprint density at radius 2 is 0.960 bits per heavy atom. The number of hydrogen-bond acceptors (Lipinski definition) is 0. The highest BCUT2D eigenvalue weighted by atomic mass is 14.5. The van der Waals surface area contributed by atoms with Crippen LogP contribution in [0.15, 0.2) is 84.0 Å². The van der Waals surface area contributed by atoms with Gasteiger partial charge in [-0.15, -0.1) is 0 Å². The van der Waals surface area contributed by atoms with Crippen molar-refractivity contribution in [3.8, 4) is 0 Å². The molecule has 124 valence electrons. The quantitative estimate of drug-likeness (QED) is 0.506. The van der Waals surface area contributed by atoms with Crippen LogP contribution in [0.3, 0.4) is 0 Å². The van der Waals surface area contributed by atoms with E-state index in [-0.39, 0.29) is 5.41 Å². The fourth-order valence-electron chi connectivity index (χ4n) is 5.02. The second kappa shape index (κ2) is 5.74. The molecule has 0 saturated carbocycles.